The highest BCUT2D eigenvalue weighted by Crippen LogP contribution is 2.28. The van der Waals surface area contributed by atoms with Gasteiger partial charge >= 0.3 is 0 Å². The van der Waals surface area contributed by atoms with E-state index in [0.717, 1.165) is 5.56 Å². The molecule has 1 atom stereocenters. The summed E-state index contributed by atoms with van der Waals surface area (Å²) in [7, 11) is -7.83. The van der Waals surface area contributed by atoms with Crippen molar-refractivity contribution in [1.82, 2.24) is 14.5 Å². The quantitative estimate of drug-likeness (QED) is 0.397. The van der Waals surface area contributed by atoms with E-state index in [0.29, 0.717) is 27.7 Å². The van der Waals surface area contributed by atoms with Crippen molar-refractivity contribution in [2.75, 3.05) is 6.54 Å². The molecule has 0 spiro atoms. The number of sulfonamides is 1. The molecule has 184 valence electrons. The number of halogens is 1. The van der Waals surface area contributed by atoms with Crippen LogP contribution in [0.1, 0.15) is 23.6 Å². The molecule has 4 aromatic rings. The molecular weight excluding hydrogens is 489 g/mol. The zero-order valence-electron chi connectivity index (χ0n) is 19.8. The minimum absolute atomic E-state index is 0.0535. The lowest BCUT2D eigenvalue weighted by molar-refractivity contribution is 0.570. The second-order valence-corrected chi connectivity index (χ2v) is 12.7. The smallest absolute Gasteiger partial charge is 0.233 e. The maximum atomic E-state index is 13.4. The Morgan fingerprint density at radius 3 is 2.23 bits per heavy atom. The Morgan fingerprint density at radius 1 is 0.971 bits per heavy atom. The molecule has 0 amide bonds. The average Bonchev–Trinajstić information content (AvgIpc) is 3.21. The Kier molecular flexibility index (Phi) is 6.56. The number of benzene rings is 3. The van der Waals surface area contributed by atoms with E-state index in [9.17, 15) is 21.2 Å². The average molecular weight is 516 g/mol. The van der Waals surface area contributed by atoms with Gasteiger partial charge in [-0.05, 0) is 75.2 Å². The van der Waals surface area contributed by atoms with Crippen LogP contribution in [-0.4, -0.2) is 38.4 Å². The molecule has 1 unspecified atom stereocenters. The molecule has 1 aromatic heterocycles. The third-order valence-corrected chi connectivity index (χ3v) is 9.84. The number of sulfone groups is 1. The van der Waals surface area contributed by atoms with Gasteiger partial charge in [0, 0.05) is 11.9 Å². The zero-order valence-corrected chi connectivity index (χ0v) is 21.4. The van der Waals surface area contributed by atoms with Gasteiger partial charge in [0.15, 0.2) is 9.84 Å². The van der Waals surface area contributed by atoms with Gasteiger partial charge in [0.05, 0.1) is 32.4 Å². The van der Waals surface area contributed by atoms with E-state index < -0.39 is 25.1 Å². The fourth-order valence-electron chi connectivity index (χ4n) is 4.28. The number of fused-ring (bicyclic) bond motifs is 1. The van der Waals surface area contributed by atoms with Crippen LogP contribution in [0, 0.1) is 26.6 Å². The molecule has 35 heavy (non-hydrogen) atoms. The molecule has 7 nitrogen and oxygen atoms in total. The number of aryl methyl sites for hydroxylation is 3. The van der Waals surface area contributed by atoms with Crippen molar-refractivity contribution >= 4 is 30.8 Å². The molecule has 0 aliphatic carbocycles. The third-order valence-electron chi connectivity index (χ3n) is 5.92. The Bertz CT molecular complexity index is 1600. The summed E-state index contributed by atoms with van der Waals surface area (Å²) in [6.07, 6.45) is 1.45. The van der Waals surface area contributed by atoms with Gasteiger partial charge in [0.25, 0.3) is 0 Å². The van der Waals surface area contributed by atoms with Gasteiger partial charge < -0.3 is 0 Å². The summed E-state index contributed by atoms with van der Waals surface area (Å²) >= 11 is 0. The Hall–Kier alpha value is -3.08. The predicted octanol–water partition coefficient (Wildman–Crippen LogP) is 4.23. The van der Waals surface area contributed by atoms with E-state index in [4.69, 9.17) is 0 Å². The Labute approximate surface area is 204 Å². The second kappa shape index (κ2) is 9.18. The first-order chi connectivity index (χ1) is 16.4. The van der Waals surface area contributed by atoms with Gasteiger partial charge in [-0.15, -0.1) is 0 Å². The SMILES string of the molecule is Cc1cc(C)c(S(=O)(=O)NCC(C)S(=O)(=O)c2cccc3c2cnn3-c2ccc(F)cc2)c(C)c1. The highest BCUT2D eigenvalue weighted by molar-refractivity contribution is 7.92. The van der Waals surface area contributed by atoms with Crippen LogP contribution in [0.4, 0.5) is 4.39 Å². The van der Waals surface area contributed by atoms with E-state index in [2.05, 4.69) is 9.82 Å². The van der Waals surface area contributed by atoms with Crippen molar-refractivity contribution in [1.29, 1.82) is 0 Å². The molecule has 0 radical (unpaired) electrons. The van der Waals surface area contributed by atoms with Crippen molar-refractivity contribution in [2.24, 2.45) is 0 Å². The number of hydrogen-bond donors (Lipinski definition) is 1. The van der Waals surface area contributed by atoms with Crippen LogP contribution in [0.25, 0.3) is 16.6 Å². The second-order valence-electron chi connectivity index (χ2n) is 8.66. The van der Waals surface area contributed by atoms with E-state index in [1.165, 1.54) is 36.0 Å². The Balaban J connectivity index is 1.64. The number of aromatic nitrogens is 2. The molecule has 10 heteroatoms. The number of hydrogen-bond acceptors (Lipinski definition) is 5. The van der Waals surface area contributed by atoms with Crippen molar-refractivity contribution in [3.8, 4) is 5.69 Å². The van der Waals surface area contributed by atoms with E-state index in [-0.39, 0.29) is 22.2 Å². The lowest BCUT2D eigenvalue weighted by atomic mass is 10.1. The molecule has 0 saturated carbocycles. The normalized spacial score (nSPS) is 13.3. The van der Waals surface area contributed by atoms with Crippen LogP contribution in [0.5, 0.6) is 0 Å². The molecule has 1 heterocycles. The largest absolute Gasteiger partial charge is 0.241 e. The summed E-state index contributed by atoms with van der Waals surface area (Å²) in [6.45, 7) is 6.50. The zero-order chi connectivity index (χ0) is 25.5. The summed E-state index contributed by atoms with van der Waals surface area (Å²) in [4.78, 5) is 0.216. The fraction of sp³-hybridized carbons (Fsp3) is 0.240. The lowest BCUT2D eigenvalue weighted by Crippen LogP contribution is -2.35. The van der Waals surface area contributed by atoms with E-state index in [1.807, 2.05) is 6.92 Å². The lowest BCUT2D eigenvalue weighted by Gasteiger charge is -2.17. The fourth-order valence-corrected chi connectivity index (χ4v) is 7.43. The van der Waals surface area contributed by atoms with Crippen molar-refractivity contribution in [3.63, 3.8) is 0 Å². The van der Waals surface area contributed by atoms with Gasteiger partial charge in [0.1, 0.15) is 5.82 Å². The molecule has 0 bridgehead atoms. The summed E-state index contributed by atoms with van der Waals surface area (Å²) in [5.74, 6) is -0.388. The maximum absolute atomic E-state index is 13.4. The van der Waals surface area contributed by atoms with Crippen molar-refractivity contribution in [3.05, 3.63) is 83.3 Å². The van der Waals surface area contributed by atoms with Crippen LogP contribution in [0.15, 0.2) is 70.6 Å². The first kappa shape index (κ1) is 25.0. The van der Waals surface area contributed by atoms with E-state index >= 15 is 0 Å². The van der Waals surface area contributed by atoms with E-state index in [1.54, 1.807) is 50.2 Å². The molecule has 0 aliphatic heterocycles. The maximum Gasteiger partial charge on any atom is 0.241 e. The highest BCUT2D eigenvalue weighted by atomic mass is 32.2. The molecule has 0 aliphatic rings. The van der Waals surface area contributed by atoms with Crippen LogP contribution in [0.2, 0.25) is 0 Å². The summed E-state index contributed by atoms with van der Waals surface area (Å²) in [6, 6.07) is 14.1. The number of nitrogens with one attached hydrogen (secondary N) is 1. The molecule has 0 fully saturated rings. The van der Waals surface area contributed by atoms with Gasteiger partial charge in [0.2, 0.25) is 10.0 Å². The molecule has 3 aromatic carbocycles. The molecule has 0 saturated heterocycles. The molecule has 4 rings (SSSR count). The van der Waals surface area contributed by atoms with Crippen LogP contribution >= 0.6 is 0 Å². The van der Waals surface area contributed by atoms with Gasteiger partial charge in [-0.3, -0.25) is 0 Å². The van der Waals surface area contributed by atoms with Crippen molar-refractivity contribution in [2.45, 2.75) is 42.7 Å². The topological polar surface area (TPSA) is 98.1 Å². The van der Waals surface area contributed by atoms with Gasteiger partial charge in [-0.2, -0.15) is 5.10 Å². The van der Waals surface area contributed by atoms with Gasteiger partial charge in [-0.1, -0.05) is 23.8 Å². The number of nitrogens with zero attached hydrogens (tertiary/aromatic N) is 2. The van der Waals surface area contributed by atoms with Crippen LogP contribution in [0.3, 0.4) is 0 Å². The monoisotopic (exact) mass is 515 g/mol. The first-order valence-corrected chi connectivity index (χ1v) is 14.0. The van der Waals surface area contributed by atoms with Crippen molar-refractivity contribution < 1.29 is 21.2 Å². The predicted molar refractivity (Wildman–Crippen MR) is 134 cm³/mol. The minimum atomic E-state index is -3.92. The Morgan fingerprint density at radius 2 is 1.60 bits per heavy atom. The van der Waals surface area contributed by atoms with Crippen LogP contribution < -0.4 is 4.72 Å². The summed E-state index contributed by atoms with van der Waals surface area (Å²) in [5, 5.41) is 3.66. The van der Waals surface area contributed by atoms with Crippen LogP contribution in [-0.2, 0) is 19.9 Å². The third kappa shape index (κ3) is 4.73. The standard InChI is InChI=1S/C25H26FN3O4S2/c1-16-12-17(2)25(18(3)13-16)35(32,33)28-14-19(4)34(30,31)24-7-5-6-23-22(24)15-27-29(23)21-10-8-20(26)9-11-21/h5-13,15,19,28H,14H2,1-4H3. The first-order valence-electron chi connectivity index (χ1n) is 11.0. The summed E-state index contributed by atoms with van der Waals surface area (Å²) in [5.41, 5.74) is 3.27. The molecular formula is C25H26FN3O4S2. The summed E-state index contributed by atoms with van der Waals surface area (Å²) < 4.78 is 70.2. The highest BCUT2D eigenvalue weighted by Gasteiger charge is 2.29. The minimum Gasteiger partial charge on any atom is -0.233 e. The van der Waals surface area contributed by atoms with Gasteiger partial charge in [-0.25, -0.2) is 30.6 Å². The molecule has 1 N–H and O–H groups in total. The number of rotatable bonds is 7.